The number of ether oxygens (including phenoxy) is 2. The molecular formula is C22H24F3N3O2S. The molecule has 5 nitrogen and oxygen atoms in total. The normalized spacial score (nSPS) is 20.8. The summed E-state index contributed by atoms with van der Waals surface area (Å²) in [6.07, 6.45) is -4.56. The van der Waals surface area contributed by atoms with Crippen LogP contribution in [0.3, 0.4) is 0 Å². The van der Waals surface area contributed by atoms with Gasteiger partial charge in [-0.05, 0) is 43.1 Å². The van der Waals surface area contributed by atoms with Crippen LogP contribution in [-0.4, -0.2) is 48.5 Å². The van der Waals surface area contributed by atoms with Gasteiger partial charge in [0.05, 0.1) is 18.9 Å². The number of nitrogens with zero attached hydrogens (tertiary/aromatic N) is 1. The van der Waals surface area contributed by atoms with Crippen molar-refractivity contribution in [2.75, 3.05) is 24.5 Å². The molecule has 2 N–H and O–H groups in total. The molecule has 0 aromatic heterocycles. The van der Waals surface area contributed by atoms with Crippen LogP contribution >= 0.6 is 11.9 Å². The average molecular weight is 452 g/mol. The van der Waals surface area contributed by atoms with Gasteiger partial charge in [0.15, 0.2) is 5.79 Å². The number of rotatable bonds is 4. The Balaban J connectivity index is 1.54. The maximum atomic E-state index is 13.9. The molecule has 4 rings (SSSR count). The van der Waals surface area contributed by atoms with E-state index in [0.29, 0.717) is 24.5 Å². The summed E-state index contributed by atoms with van der Waals surface area (Å²) in [5, 5.41) is 8.64. The van der Waals surface area contributed by atoms with Gasteiger partial charge in [0.2, 0.25) is 0 Å². The molecule has 2 aromatic carbocycles. The highest BCUT2D eigenvalue weighted by Crippen LogP contribution is 2.41. The molecule has 31 heavy (non-hydrogen) atoms. The van der Waals surface area contributed by atoms with Crippen molar-refractivity contribution in [3.05, 3.63) is 59.7 Å². The molecule has 2 saturated heterocycles. The standard InChI is InChI=1S/C22H24F3N3O2S/c1-15-6-8-16(9-7-15)31-27-18-5-3-2-4-17(18)20(26)28-11-10-21(29-12-13-30-21)14-19(28)22(23,24)25/h2-9,19,26-27H,10-14H2,1H3. The van der Waals surface area contributed by atoms with Crippen molar-refractivity contribution in [1.29, 1.82) is 5.41 Å². The number of piperidine rings is 1. The molecule has 9 heteroatoms. The van der Waals surface area contributed by atoms with Gasteiger partial charge in [-0.1, -0.05) is 29.8 Å². The van der Waals surface area contributed by atoms with Crippen molar-refractivity contribution in [1.82, 2.24) is 4.90 Å². The molecule has 2 heterocycles. The molecule has 0 saturated carbocycles. The Bertz CT molecular complexity index is 930. The molecule has 0 radical (unpaired) electrons. The highest BCUT2D eigenvalue weighted by molar-refractivity contribution is 8.00. The van der Waals surface area contributed by atoms with Gasteiger partial charge in [0.1, 0.15) is 11.9 Å². The topological polar surface area (TPSA) is 57.6 Å². The quantitative estimate of drug-likeness (QED) is 0.380. The monoisotopic (exact) mass is 451 g/mol. The lowest BCUT2D eigenvalue weighted by atomic mass is 9.94. The predicted molar refractivity (Wildman–Crippen MR) is 114 cm³/mol. The van der Waals surface area contributed by atoms with Gasteiger partial charge >= 0.3 is 6.18 Å². The zero-order valence-electron chi connectivity index (χ0n) is 17.0. The summed E-state index contributed by atoms with van der Waals surface area (Å²) in [5.41, 5.74) is 2.15. The van der Waals surface area contributed by atoms with Gasteiger partial charge in [-0.3, -0.25) is 5.41 Å². The Morgan fingerprint density at radius 1 is 1.13 bits per heavy atom. The van der Waals surface area contributed by atoms with Crippen LogP contribution in [0.5, 0.6) is 0 Å². The average Bonchev–Trinajstić information content (AvgIpc) is 3.20. The number of nitrogens with one attached hydrogen (secondary N) is 2. The van der Waals surface area contributed by atoms with E-state index in [9.17, 15) is 13.2 Å². The van der Waals surface area contributed by atoms with Gasteiger partial charge < -0.3 is 19.1 Å². The number of benzene rings is 2. The van der Waals surface area contributed by atoms with Crippen LogP contribution in [-0.2, 0) is 9.47 Å². The van der Waals surface area contributed by atoms with Crippen molar-refractivity contribution in [3.63, 3.8) is 0 Å². The van der Waals surface area contributed by atoms with Gasteiger partial charge in [-0.15, -0.1) is 0 Å². The Morgan fingerprint density at radius 2 is 1.81 bits per heavy atom. The molecule has 2 fully saturated rings. The van der Waals surface area contributed by atoms with Crippen molar-refractivity contribution in [3.8, 4) is 0 Å². The zero-order valence-corrected chi connectivity index (χ0v) is 17.9. The van der Waals surface area contributed by atoms with E-state index in [1.165, 1.54) is 11.9 Å². The van der Waals surface area contributed by atoms with Gasteiger partial charge in [-0.2, -0.15) is 13.2 Å². The summed E-state index contributed by atoms with van der Waals surface area (Å²) in [5.74, 6) is -1.36. The van der Waals surface area contributed by atoms with Crippen molar-refractivity contribution in [2.24, 2.45) is 0 Å². The third-order valence-corrected chi connectivity index (χ3v) is 6.40. The minimum atomic E-state index is -4.51. The fourth-order valence-corrected chi connectivity index (χ4v) is 4.60. The summed E-state index contributed by atoms with van der Waals surface area (Å²) in [6.45, 7) is 2.62. The summed E-state index contributed by atoms with van der Waals surface area (Å²) < 4.78 is 56.1. The first kappa shape index (κ1) is 22.0. The number of alkyl halides is 3. The highest BCUT2D eigenvalue weighted by Gasteiger charge is 2.54. The minimum Gasteiger partial charge on any atom is -0.347 e. The fraction of sp³-hybridized carbons (Fsp3) is 0.409. The van der Waals surface area contributed by atoms with Crippen LogP contribution in [0, 0.1) is 12.3 Å². The van der Waals surface area contributed by atoms with Crippen LogP contribution < -0.4 is 4.72 Å². The van der Waals surface area contributed by atoms with E-state index in [-0.39, 0.29) is 25.2 Å². The van der Waals surface area contributed by atoms with E-state index in [0.717, 1.165) is 15.4 Å². The second-order valence-corrected chi connectivity index (χ2v) is 8.60. The van der Waals surface area contributed by atoms with E-state index in [1.54, 1.807) is 24.3 Å². The summed E-state index contributed by atoms with van der Waals surface area (Å²) >= 11 is 1.35. The number of hydrogen-bond donors (Lipinski definition) is 2. The van der Waals surface area contributed by atoms with E-state index < -0.39 is 18.0 Å². The lowest BCUT2D eigenvalue weighted by Crippen LogP contribution is -2.58. The first-order chi connectivity index (χ1) is 14.8. The number of halogens is 3. The Morgan fingerprint density at radius 3 is 2.48 bits per heavy atom. The van der Waals surface area contributed by atoms with E-state index >= 15 is 0 Å². The fourth-order valence-electron chi connectivity index (χ4n) is 3.93. The molecule has 2 aliphatic rings. The molecule has 1 unspecified atom stereocenters. The number of aryl methyl sites for hydroxylation is 1. The number of likely N-dealkylation sites (tertiary alicyclic amines) is 1. The third-order valence-electron chi connectivity index (χ3n) is 5.57. The lowest BCUT2D eigenvalue weighted by molar-refractivity contribution is -0.244. The molecule has 0 amide bonds. The molecule has 166 valence electrons. The highest BCUT2D eigenvalue weighted by atomic mass is 32.2. The number of para-hydroxylation sites is 1. The largest absolute Gasteiger partial charge is 0.408 e. The first-order valence-electron chi connectivity index (χ1n) is 10.1. The summed E-state index contributed by atoms with van der Waals surface area (Å²) in [6, 6.07) is 13.0. The molecular weight excluding hydrogens is 427 g/mol. The zero-order chi connectivity index (χ0) is 22.1. The Labute approximate surface area is 183 Å². The lowest BCUT2D eigenvalue weighted by Gasteiger charge is -2.45. The van der Waals surface area contributed by atoms with E-state index in [4.69, 9.17) is 14.9 Å². The van der Waals surface area contributed by atoms with Crippen LogP contribution in [0.2, 0.25) is 0 Å². The maximum Gasteiger partial charge on any atom is 0.408 e. The maximum absolute atomic E-state index is 13.9. The second kappa shape index (κ2) is 8.72. The van der Waals surface area contributed by atoms with E-state index in [1.807, 2.05) is 31.2 Å². The Hall–Kier alpha value is -2.23. The van der Waals surface area contributed by atoms with Crippen LogP contribution in [0.15, 0.2) is 53.4 Å². The molecule has 0 bridgehead atoms. The summed E-state index contributed by atoms with van der Waals surface area (Å²) in [4.78, 5) is 2.09. The first-order valence-corrected chi connectivity index (χ1v) is 10.9. The SMILES string of the molecule is Cc1ccc(SNc2ccccc2C(=N)N2CCC3(CC2C(F)(F)F)OCCO3)cc1. The van der Waals surface area contributed by atoms with Crippen molar-refractivity contribution in [2.45, 2.75) is 42.7 Å². The summed E-state index contributed by atoms with van der Waals surface area (Å²) in [7, 11) is 0. The molecule has 1 spiro atoms. The van der Waals surface area contributed by atoms with E-state index in [2.05, 4.69) is 4.72 Å². The van der Waals surface area contributed by atoms with Crippen molar-refractivity contribution >= 4 is 23.5 Å². The molecule has 2 aromatic rings. The Kier molecular flexibility index (Phi) is 6.18. The number of anilines is 1. The van der Waals surface area contributed by atoms with Crippen LogP contribution in [0.25, 0.3) is 0 Å². The molecule has 2 aliphatic heterocycles. The van der Waals surface area contributed by atoms with Crippen molar-refractivity contribution < 1.29 is 22.6 Å². The van der Waals surface area contributed by atoms with Gasteiger partial charge in [-0.25, -0.2) is 0 Å². The molecule has 0 aliphatic carbocycles. The predicted octanol–water partition coefficient (Wildman–Crippen LogP) is 5.21. The third kappa shape index (κ3) is 4.83. The minimum absolute atomic E-state index is 0.0302. The van der Waals surface area contributed by atoms with Crippen LogP contribution in [0.4, 0.5) is 18.9 Å². The van der Waals surface area contributed by atoms with Gasteiger partial charge in [0.25, 0.3) is 0 Å². The smallest absolute Gasteiger partial charge is 0.347 e. The van der Waals surface area contributed by atoms with Gasteiger partial charge in [0, 0.05) is 29.8 Å². The second-order valence-electron chi connectivity index (χ2n) is 7.72. The van der Waals surface area contributed by atoms with Crippen LogP contribution in [0.1, 0.15) is 24.0 Å². The number of hydrogen-bond acceptors (Lipinski definition) is 5. The number of amidine groups is 1. The molecule has 1 atom stereocenters.